The fourth-order valence-electron chi connectivity index (χ4n) is 5.51. The van der Waals surface area contributed by atoms with E-state index in [4.69, 9.17) is 0 Å². The van der Waals surface area contributed by atoms with Gasteiger partial charge in [0.2, 0.25) is 0 Å². The van der Waals surface area contributed by atoms with Gasteiger partial charge >= 0.3 is 0 Å². The van der Waals surface area contributed by atoms with Crippen molar-refractivity contribution >= 4 is 28.2 Å². The lowest BCUT2D eigenvalue weighted by Crippen LogP contribution is -2.45. The van der Waals surface area contributed by atoms with Crippen LogP contribution in [0.2, 0.25) is 0 Å². The second-order valence-corrected chi connectivity index (χ2v) is 9.27. The van der Waals surface area contributed by atoms with Gasteiger partial charge in [-0.2, -0.15) is 0 Å². The van der Waals surface area contributed by atoms with E-state index in [2.05, 4.69) is 95.1 Å². The SMILES string of the molecule is Cc1c(C(=O)N2CCC(N3[CH]Nc4ccccc43)CC2)c2ccccc2n1Cc1ccccc1. The van der Waals surface area contributed by atoms with Gasteiger partial charge in [0.05, 0.1) is 16.9 Å². The van der Waals surface area contributed by atoms with Crippen LogP contribution in [0.25, 0.3) is 10.9 Å². The number of carbonyl (C=O) groups is 1. The van der Waals surface area contributed by atoms with Crippen LogP contribution in [0.4, 0.5) is 11.4 Å². The highest BCUT2D eigenvalue weighted by Gasteiger charge is 2.32. The quantitative estimate of drug-likeness (QED) is 0.437. The van der Waals surface area contributed by atoms with E-state index in [0.717, 1.165) is 60.3 Å². The number of benzene rings is 3. The molecule has 34 heavy (non-hydrogen) atoms. The number of piperidine rings is 1. The summed E-state index contributed by atoms with van der Waals surface area (Å²) in [6, 6.07) is 27.6. The number of rotatable bonds is 4. The fourth-order valence-corrected chi connectivity index (χ4v) is 5.51. The maximum absolute atomic E-state index is 13.8. The minimum absolute atomic E-state index is 0.155. The minimum Gasteiger partial charge on any atom is -0.360 e. The van der Waals surface area contributed by atoms with Crippen LogP contribution in [0.1, 0.15) is 34.5 Å². The number of aromatic nitrogens is 1. The summed E-state index contributed by atoms with van der Waals surface area (Å²) in [6.07, 6.45) is 1.92. The highest BCUT2D eigenvalue weighted by Crippen LogP contribution is 2.37. The van der Waals surface area contributed by atoms with E-state index in [1.54, 1.807) is 0 Å². The lowest BCUT2D eigenvalue weighted by Gasteiger charge is -2.37. The summed E-state index contributed by atoms with van der Waals surface area (Å²) in [5.74, 6) is 0.155. The van der Waals surface area contributed by atoms with Crippen molar-refractivity contribution in [1.82, 2.24) is 9.47 Å². The number of anilines is 2. The van der Waals surface area contributed by atoms with Gasteiger partial charge in [-0.3, -0.25) is 4.79 Å². The van der Waals surface area contributed by atoms with Crippen molar-refractivity contribution in [2.24, 2.45) is 0 Å². The Kier molecular flexibility index (Phi) is 5.25. The first-order valence-electron chi connectivity index (χ1n) is 12.1. The normalized spacial score (nSPS) is 16.0. The largest absolute Gasteiger partial charge is 0.360 e. The predicted molar refractivity (Wildman–Crippen MR) is 138 cm³/mol. The number of para-hydroxylation sites is 3. The zero-order chi connectivity index (χ0) is 23.1. The molecule has 1 radical (unpaired) electrons. The van der Waals surface area contributed by atoms with Crippen molar-refractivity contribution < 1.29 is 4.79 Å². The van der Waals surface area contributed by atoms with Gasteiger partial charge in [-0.25, -0.2) is 0 Å². The molecule has 0 saturated carbocycles. The summed E-state index contributed by atoms with van der Waals surface area (Å²) < 4.78 is 2.28. The Morgan fingerprint density at radius 2 is 1.62 bits per heavy atom. The molecule has 6 rings (SSSR count). The topological polar surface area (TPSA) is 40.5 Å². The molecule has 5 heteroatoms. The Bertz CT molecular complexity index is 1340. The van der Waals surface area contributed by atoms with Crippen molar-refractivity contribution in [3.8, 4) is 0 Å². The first kappa shape index (κ1) is 20.8. The van der Waals surface area contributed by atoms with Crippen LogP contribution >= 0.6 is 0 Å². The van der Waals surface area contributed by atoms with E-state index in [1.807, 2.05) is 17.0 Å². The number of fused-ring (bicyclic) bond motifs is 2. The van der Waals surface area contributed by atoms with Crippen molar-refractivity contribution in [3.05, 3.63) is 102 Å². The first-order chi connectivity index (χ1) is 16.7. The van der Waals surface area contributed by atoms with Crippen molar-refractivity contribution in [1.29, 1.82) is 0 Å². The van der Waals surface area contributed by atoms with E-state index in [9.17, 15) is 4.79 Å². The summed E-state index contributed by atoms with van der Waals surface area (Å²) in [7, 11) is 0. The Hall–Kier alpha value is -3.73. The molecule has 2 aliphatic heterocycles. The average Bonchev–Trinajstić information content (AvgIpc) is 3.44. The van der Waals surface area contributed by atoms with Gasteiger partial charge in [0, 0.05) is 42.3 Å². The van der Waals surface area contributed by atoms with Crippen LogP contribution in [-0.4, -0.2) is 34.5 Å². The number of nitrogens with zero attached hydrogens (tertiary/aromatic N) is 3. The van der Waals surface area contributed by atoms with E-state index in [0.29, 0.717) is 6.04 Å². The third-order valence-corrected chi connectivity index (χ3v) is 7.31. The van der Waals surface area contributed by atoms with Crippen LogP contribution in [0.15, 0.2) is 78.9 Å². The standard InChI is InChI=1S/C29H29N4O/c1-21-28(24-11-5-7-13-26(24)32(21)19-22-9-3-2-4-10-22)29(34)31-17-15-23(16-18-31)33-20-30-25-12-6-8-14-27(25)33/h2-14,20,23,30H,15-19H2,1H3. The van der Waals surface area contributed by atoms with Gasteiger partial charge in [0.25, 0.3) is 5.91 Å². The summed E-state index contributed by atoms with van der Waals surface area (Å²) >= 11 is 0. The Morgan fingerprint density at radius 1 is 0.912 bits per heavy atom. The summed E-state index contributed by atoms with van der Waals surface area (Å²) in [5.41, 5.74) is 6.64. The highest BCUT2D eigenvalue weighted by molar-refractivity contribution is 6.08. The zero-order valence-electron chi connectivity index (χ0n) is 19.4. The lowest BCUT2D eigenvalue weighted by atomic mass is 10.0. The van der Waals surface area contributed by atoms with E-state index < -0.39 is 0 Å². The second kappa shape index (κ2) is 8.56. The molecule has 1 amide bonds. The number of hydrogen-bond donors (Lipinski definition) is 1. The molecule has 5 nitrogen and oxygen atoms in total. The summed E-state index contributed by atoms with van der Waals surface area (Å²) in [4.78, 5) is 18.2. The monoisotopic (exact) mass is 449 g/mol. The number of hydrogen-bond acceptors (Lipinski definition) is 3. The van der Waals surface area contributed by atoms with Crippen molar-refractivity contribution in [3.63, 3.8) is 0 Å². The highest BCUT2D eigenvalue weighted by atomic mass is 16.2. The molecule has 1 saturated heterocycles. The molecule has 0 spiro atoms. The van der Waals surface area contributed by atoms with Crippen molar-refractivity contribution in [2.45, 2.75) is 32.4 Å². The molecule has 1 aromatic heterocycles. The molecule has 1 fully saturated rings. The fraction of sp³-hybridized carbons (Fsp3) is 0.241. The van der Waals surface area contributed by atoms with Crippen molar-refractivity contribution in [2.75, 3.05) is 23.3 Å². The summed E-state index contributed by atoms with van der Waals surface area (Å²) in [5, 5.41) is 4.43. The first-order valence-corrected chi connectivity index (χ1v) is 12.1. The van der Waals surface area contributed by atoms with Gasteiger partial charge < -0.3 is 19.7 Å². The molecule has 3 heterocycles. The summed E-state index contributed by atoms with van der Waals surface area (Å²) in [6.45, 7) is 6.47. The maximum atomic E-state index is 13.8. The van der Waals surface area contributed by atoms with E-state index in [-0.39, 0.29) is 5.91 Å². The molecule has 0 aliphatic carbocycles. The molecular formula is C29H29N4O. The van der Waals surface area contributed by atoms with Gasteiger partial charge in [0.15, 0.2) is 0 Å². The van der Waals surface area contributed by atoms with Gasteiger partial charge in [0.1, 0.15) is 6.67 Å². The van der Waals surface area contributed by atoms with Crippen LogP contribution in [0.3, 0.4) is 0 Å². The molecule has 171 valence electrons. The lowest BCUT2D eigenvalue weighted by molar-refractivity contribution is 0.0714. The van der Waals surface area contributed by atoms with Crippen LogP contribution in [0.5, 0.6) is 0 Å². The van der Waals surface area contributed by atoms with Crippen LogP contribution in [0, 0.1) is 13.6 Å². The molecule has 1 N–H and O–H groups in total. The molecule has 2 aliphatic rings. The molecular weight excluding hydrogens is 420 g/mol. The molecule has 4 aromatic rings. The third-order valence-electron chi connectivity index (χ3n) is 7.31. The Morgan fingerprint density at radius 3 is 2.44 bits per heavy atom. The second-order valence-electron chi connectivity index (χ2n) is 9.27. The molecule has 0 unspecified atom stereocenters. The smallest absolute Gasteiger partial charge is 0.256 e. The number of amides is 1. The predicted octanol–water partition coefficient (Wildman–Crippen LogP) is 5.65. The zero-order valence-corrected chi connectivity index (χ0v) is 19.4. The van der Waals surface area contributed by atoms with E-state index >= 15 is 0 Å². The molecule has 0 atom stereocenters. The van der Waals surface area contributed by atoms with Gasteiger partial charge in [-0.15, -0.1) is 0 Å². The Balaban J connectivity index is 1.24. The Labute approximate surface area is 200 Å². The van der Waals surface area contributed by atoms with Gasteiger partial charge in [-0.1, -0.05) is 60.7 Å². The maximum Gasteiger partial charge on any atom is 0.256 e. The van der Waals surface area contributed by atoms with Crippen LogP contribution < -0.4 is 10.2 Å². The average molecular weight is 450 g/mol. The molecule has 0 bridgehead atoms. The minimum atomic E-state index is 0.155. The number of carbonyl (C=O) groups excluding carboxylic acids is 1. The van der Waals surface area contributed by atoms with E-state index in [1.165, 1.54) is 11.3 Å². The number of nitrogens with one attached hydrogen (secondary N) is 1. The number of likely N-dealkylation sites (tertiary alicyclic amines) is 1. The molecule has 3 aromatic carbocycles. The third kappa shape index (κ3) is 3.52. The van der Waals surface area contributed by atoms with Gasteiger partial charge in [-0.05, 0) is 43.5 Å². The van der Waals surface area contributed by atoms with Crippen LogP contribution in [-0.2, 0) is 6.54 Å².